The highest BCUT2D eigenvalue weighted by Crippen LogP contribution is 2.39. The molecule has 0 amide bonds. The van der Waals surface area contributed by atoms with E-state index in [-0.39, 0.29) is 29.4 Å². The van der Waals surface area contributed by atoms with Crippen molar-refractivity contribution in [2.45, 2.75) is 58.0 Å². The van der Waals surface area contributed by atoms with Gasteiger partial charge in [0.15, 0.2) is 23.6 Å². The van der Waals surface area contributed by atoms with Gasteiger partial charge in [-0.05, 0) is 48.9 Å². The van der Waals surface area contributed by atoms with Crippen LogP contribution in [0.15, 0.2) is 53.4 Å². The highest BCUT2D eigenvalue weighted by molar-refractivity contribution is 7.94. The van der Waals surface area contributed by atoms with Gasteiger partial charge in [-0.3, -0.25) is 4.79 Å². The maximum absolute atomic E-state index is 13.0. The summed E-state index contributed by atoms with van der Waals surface area (Å²) in [6, 6.07) is 15.9. The molecule has 186 valence electrons. The Morgan fingerprint density at radius 2 is 1.89 bits per heavy atom. The number of nitrogens with zero attached hydrogens (tertiary/aromatic N) is 5. The number of halogens is 1. The van der Waals surface area contributed by atoms with E-state index >= 15 is 0 Å². The van der Waals surface area contributed by atoms with Crippen molar-refractivity contribution in [3.63, 3.8) is 0 Å². The minimum absolute atomic E-state index is 0.0409. The second-order valence-corrected chi connectivity index (χ2v) is 11.2. The van der Waals surface area contributed by atoms with Gasteiger partial charge in [-0.25, -0.2) is 15.0 Å². The Bertz CT molecular complexity index is 1410. The van der Waals surface area contributed by atoms with E-state index in [1.54, 1.807) is 12.1 Å². The van der Waals surface area contributed by atoms with Gasteiger partial charge in [-0.15, -0.1) is 0 Å². The summed E-state index contributed by atoms with van der Waals surface area (Å²) in [6.07, 6.45) is 2.82. The van der Waals surface area contributed by atoms with Crippen LogP contribution in [0, 0.1) is 12.3 Å². The number of anilines is 1. The third-order valence-corrected chi connectivity index (χ3v) is 7.31. The second kappa shape index (κ2) is 9.65. The lowest BCUT2D eigenvalue weighted by Crippen LogP contribution is -2.40. The molecule has 0 radical (unpaired) electrons. The topological polar surface area (TPSA) is 63.9 Å². The molecule has 1 atom stereocenters. The van der Waals surface area contributed by atoms with Gasteiger partial charge in [0.1, 0.15) is 11.3 Å². The van der Waals surface area contributed by atoms with E-state index in [4.69, 9.17) is 9.97 Å². The highest BCUT2D eigenvalue weighted by Gasteiger charge is 2.37. The lowest BCUT2D eigenvalue weighted by atomic mass is 9.85. The molecule has 1 aliphatic heterocycles. The number of hydrogen-bond donors (Lipinski definition) is 0. The van der Waals surface area contributed by atoms with E-state index in [1.807, 2.05) is 24.3 Å². The molecule has 0 N–H and O–H groups in total. The number of carbonyl (C=O) groups is 1. The van der Waals surface area contributed by atoms with Crippen LogP contribution in [0.3, 0.4) is 0 Å². The number of hydrogen-bond acceptors (Lipinski definition) is 6. The SMILES string of the molecule is Cc1cccc(-c2nc3nc(C=O)nc(N4CCCC4C(C)(C)C)c3n2Cc2ccc(SF)cc2)c1. The molecule has 36 heavy (non-hydrogen) atoms. The van der Waals surface area contributed by atoms with Gasteiger partial charge in [0, 0.05) is 29.6 Å². The van der Waals surface area contributed by atoms with Crippen LogP contribution in [-0.2, 0) is 6.54 Å². The van der Waals surface area contributed by atoms with Crippen molar-refractivity contribution in [1.82, 2.24) is 19.5 Å². The summed E-state index contributed by atoms with van der Waals surface area (Å²) in [4.78, 5) is 29.0. The van der Waals surface area contributed by atoms with E-state index in [0.717, 1.165) is 53.2 Å². The first kappa shape index (κ1) is 24.4. The molecule has 0 spiro atoms. The van der Waals surface area contributed by atoms with Crippen molar-refractivity contribution in [2.75, 3.05) is 11.4 Å². The number of imidazole rings is 1. The van der Waals surface area contributed by atoms with Crippen LogP contribution in [0.1, 0.15) is 55.4 Å². The van der Waals surface area contributed by atoms with Crippen LogP contribution in [0.2, 0.25) is 0 Å². The third-order valence-electron chi connectivity index (χ3n) is 6.86. The zero-order valence-electron chi connectivity index (χ0n) is 21.0. The molecular weight excluding hydrogens is 473 g/mol. The minimum Gasteiger partial charge on any atom is -0.351 e. The summed E-state index contributed by atoms with van der Waals surface area (Å²) in [7, 11) is 0. The minimum atomic E-state index is 0.0409. The van der Waals surface area contributed by atoms with Gasteiger partial charge in [0.25, 0.3) is 0 Å². The molecule has 1 unspecified atom stereocenters. The van der Waals surface area contributed by atoms with Crippen molar-refractivity contribution in [2.24, 2.45) is 5.41 Å². The Kier molecular flexibility index (Phi) is 6.55. The molecule has 1 aliphatic rings. The van der Waals surface area contributed by atoms with Gasteiger partial charge in [0.05, 0.1) is 12.1 Å². The molecule has 3 heterocycles. The Morgan fingerprint density at radius 3 is 2.56 bits per heavy atom. The molecule has 1 saturated heterocycles. The molecule has 0 aliphatic carbocycles. The fourth-order valence-electron chi connectivity index (χ4n) is 5.19. The summed E-state index contributed by atoms with van der Waals surface area (Å²) >= 11 is 0.237. The maximum Gasteiger partial charge on any atom is 0.196 e. The molecule has 5 rings (SSSR count). The Hall–Kier alpha value is -3.26. The van der Waals surface area contributed by atoms with Crippen LogP contribution >= 0.6 is 12.1 Å². The van der Waals surface area contributed by atoms with Crippen molar-refractivity contribution < 1.29 is 8.68 Å². The maximum atomic E-state index is 13.0. The number of aryl methyl sites for hydroxylation is 1. The predicted octanol–water partition coefficient (Wildman–Crippen LogP) is 6.65. The second-order valence-electron chi connectivity index (χ2n) is 10.5. The number of carbonyl (C=O) groups excluding carboxylic acids is 1. The molecular formula is C28H30FN5OS. The van der Waals surface area contributed by atoms with Crippen molar-refractivity contribution in [3.05, 3.63) is 65.5 Å². The number of rotatable bonds is 6. The van der Waals surface area contributed by atoms with Gasteiger partial charge in [0.2, 0.25) is 0 Å². The summed E-state index contributed by atoms with van der Waals surface area (Å²) < 4.78 is 15.2. The fraction of sp³-hybridized carbons (Fsp3) is 0.357. The number of fused-ring (bicyclic) bond motifs is 1. The molecule has 4 aromatic rings. The van der Waals surface area contributed by atoms with Crippen LogP contribution in [0.5, 0.6) is 0 Å². The van der Waals surface area contributed by atoms with E-state index in [0.29, 0.717) is 23.4 Å². The van der Waals surface area contributed by atoms with Crippen molar-refractivity contribution >= 4 is 35.4 Å². The summed E-state index contributed by atoms with van der Waals surface area (Å²) in [6.45, 7) is 10.2. The lowest BCUT2D eigenvalue weighted by Gasteiger charge is -2.36. The third kappa shape index (κ3) is 4.62. The molecule has 2 aromatic carbocycles. The Labute approximate surface area is 215 Å². The van der Waals surface area contributed by atoms with E-state index in [1.165, 1.54) is 0 Å². The zero-order valence-corrected chi connectivity index (χ0v) is 21.8. The number of aldehydes is 1. The van der Waals surface area contributed by atoms with Gasteiger partial charge in [-0.2, -0.15) is 3.89 Å². The Balaban J connectivity index is 1.76. The first-order chi connectivity index (χ1) is 17.3. The molecule has 2 aromatic heterocycles. The fourth-order valence-corrected chi connectivity index (χ4v) is 5.43. The first-order valence-electron chi connectivity index (χ1n) is 12.2. The van der Waals surface area contributed by atoms with E-state index in [2.05, 4.69) is 54.3 Å². The van der Waals surface area contributed by atoms with Gasteiger partial charge in [-0.1, -0.05) is 56.7 Å². The molecule has 8 heteroatoms. The molecule has 1 fully saturated rings. The molecule has 0 saturated carbocycles. The summed E-state index contributed by atoms with van der Waals surface area (Å²) in [5.74, 6) is 1.66. The molecule has 0 bridgehead atoms. The van der Waals surface area contributed by atoms with Crippen molar-refractivity contribution in [1.29, 1.82) is 0 Å². The normalized spacial score (nSPS) is 16.1. The lowest BCUT2D eigenvalue weighted by molar-refractivity contribution is 0.111. The predicted molar refractivity (Wildman–Crippen MR) is 143 cm³/mol. The molecule has 6 nitrogen and oxygen atoms in total. The zero-order chi connectivity index (χ0) is 25.4. The average Bonchev–Trinajstić information content (AvgIpc) is 3.50. The van der Waals surface area contributed by atoms with Crippen LogP contribution < -0.4 is 4.90 Å². The smallest absolute Gasteiger partial charge is 0.196 e. The Morgan fingerprint density at radius 1 is 1.11 bits per heavy atom. The largest absolute Gasteiger partial charge is 0.351 e. The van der Waals surface area contributed by atoms with Crippen LogP contribution in [0.25, 0.3) is 22.6 Å². The quantitative estimate of drug-likeness (QED) is 0.274. The summed E-state index contributed by atoms with van der Waals surface area (Å²) in [5, 5.41) is 0. The standard InChI is InChI=1S/C28H30FN5OS/c1-18-7-5-8-20(15-18)26-32-25-24(34(26)16-19-10-12-21(36-29)13-11-19)27(31-23(17-35)30-25)33-14-6-9-22(33)28(2,3)4/h5,7-8,10-13,15,17,22H,6,9,14,16H2,1-4H3. The van der Waals surface area contributed by atoms with E-state index < -0.39 is 0 Å². The average molecular weight is 504 g/mol. The van der Waals surface area contributed by atoms with Crippen LogP contribution in [-0.4, -0.2) is 38.4 Å². The van der Waals surface area contributed by atoms with E-state index in [9.17, 15) is 8.68 Å². The highest BCUT2D eigenvalue weighted by atomic mass is 32.2. The van der Waals surface area contributed by atoms with Crippen molar-refractivity contribution in [3.8, 4) is 11.4 Å². The van der Waals surface area contributed by atoms with Gasteiger partial charge >= 0.3 is 0 Å². The summed E-state index contributed by atoms with van der Waals surface area (Å²) in [5.41, 5.74) is 4.48. The van der Waals surface area contributed by atoms with Gasteiger partial charge < -0.3 is 9.47 Å². The van der Waals surface area contributed by atoms with Crippen LogP contribution in [0.4, 0.5) is 9.70 Å². The number of aromatic nitrogens is 4. The number of benzene rings is 2. The monoisotopic (exact) mass is 503 g/mol. The first-order valence-corrected chi connectivity index (χ1v) is 12.9.